The van der Waals surface area contributed by atoms with Crippen LogP contribution in [0.3, 0.4) is 0 Å². The predicted octanol–water partition coefficient (Wildman–Crippen LogP) is 4.29. The van der Waals surface area contributed by atoms with Crippen LogP contribution in [0.25, 0.3) is 0 Å². The molecule has 2 nitrogen and oxygen atoms in total. The van der Waals surface area contributed by atoms with Crippen molar-refractivity contribution in [3.63, 3.8) is 0 Å². The molecule has 0 atom stereocenters. The van der Waals surface area contributed by atoms with Crippen LogP contribution in [0.15, 0.2) is 36.4 Å². The Labute approximate surface area is 114 Å². The molecule has 0 aromatic heterocycles. The fraction of sp³-hybridized carbons (Fsp3) is 0.0769. The zero-order valence-electron chi connectivity index (χ0n) is 9.29. The molecule has 94 valence electrons. The molecule has 0 fully saturated rings. The third-order valence-corrected chi connectivity index (χ3v) is 3.00. The van der Waals surface area contributed by atoms with E-state index in [1.165, 1.54) is 18.2 Å². The van der Waals surface area contributed by atoms with E-state index in [9.17, 15) is 4.39 Å². The van der Waals surface area contributed by atoms with Crippen molar-refractivity contribution in [2.75, 3.05) is 5.73 Å². The first-order chi connectivity index (χ1) is 8.56. The minimum atomic E-state index is -0.477. The molecule has 0 bridgehead atoms. The van der Waals surface area contributed by atoms with Crippen molar-refractivity contribution >= 4 is 28.9 Å². The molecular weight excluding hydrogens is 276 g/mol. The van der Waals surface area contributed by atoms with E-state index >= 15 is 0 Å². The summed E-state index contributed by atoms with van der Waals surface area (Å²) in [4.78, 5) is 0. The third kappa shape index (κ3) is 3.06. The van der Waals surface area contributed by atoms with Crippen LogP contribution in [0.5, 0.6) is 5.75 Å². The van der Waals surface area contributed by atoms with Gasteiger partial charge in [0.2, 0.25) is 0 Å². The Hall–Kier alpha value is -1.45. The largest absolute Gasteiger partial charge is 0.489 e. The minimum absolute atomic E-state index is 0.0240. The van der Waals surface area contributed by atoms with Crippen LogP contribution >= 0.6 is 23.2 Å². The second kappa shape index (κ2) is 5.46. The van der Waals surface area contributed by atoms with Crippen molar-refractivity contribution in [3.05, 3.63) is 57.8 Å². The van der Waals surface area contributed by atoms with Crippen LogP contribution in [0.2, 0.25) is 10.0 Å². The summed E-state index contributed by atoms with van der Waals surface area (Å²) in [5.74, 6) is 0.00354. The molecule has 0 radical (unpaired) electrons. The van der Waals surface area contributed by atoms with Crippen molar-refractivity contribution in [2.24, 2.45) is 0 Å². The molecule has 2 aromatic rings. The van der Waals surface area contributed by atoms with Gasteiger partial charge in [0.25, 0.3) is 0 Å². The first-order valence-electron chi connectivity index (χ1n) is 5.18. The van der Waals surface area contributed by atoms with E-state index in [0.717, 1.165) is 5.56 Å². The van der Waals surface area contributed by atoms with E-state index in [0.29, 0.717) is 16.5 Å². The van der Waals surface area contributed by atoms with E-state index in [1.54, 1.807) is 18.2 Å². The Kier molecular flexibility index (Phi) is 3.94. The molecule has 0 unspecified atom stereocenters. The highest BCUT2D eigenvalue weighted by atomic mass is 35.5. The molecule has 0 saturated carbocycles. The highest BCUT2D eigenvalue weighted by molar-refractivity contribution is 6.31. The van der Waals surface area contributed by atoms with Crippen LogP contribution in [0.4, 0.5) is 10.1 Å². The Morgan fingerprint density at radius 3 is 2.50 bits per heavy atom. The quantitative estimate of drug-likeness (QED) is 0.854. The summed E-state index contributed by atoms with van der Waals surface area (Å²) in [5.41, 5.74) is 6.98. The van der Waals surface area contributed by atoms with Crippen LogP contribution in [-0.4, -0.2) is 0 Å². The summed E-state index contributed by atoms with van der Waals surface area (Å²) in [6.07, 6.45) is 0. The van der Waals surface area contributed by atoms with Crippen molar-refractivity contribution in [1.82, 2.24) is 0 Å². The average molecular weight is 286 g/mol. The zero-order valence-corrected chi connectivity index (χ0v) is 10.8. The van der Waals surface area contributed by atoms with Gasteiger partial charge in [-0.1, -0.05) is 29.3 Å². The minimum Gasteiger partial charge on any atom is -0.489 e. The van der Waals surface area contributed by atoms with Crippen molar-refractivity contribution < 1.29 is 9.13 Å². The molecule has 0 saturated heterocycles. The molecule has 2 N–H and O–H groups in total. The highest BCUT2D eigenvalue weighted by Crippen LogP contribution is 2.24. The maximum absolute atomic E-state index is 12.9. The highest BCUT2D eigenvalue weighted by Gasteiger charge is 2.04. The molecule has 0 aliphatic heterocycles. The Balaban J connectivity index is 2.09. The van der Waals surface area contributed by atoms with E-state index in [2.05, 4.69) is 0 Å². The van der Waals surface area contributed by atoms with Gasteiger partial charge in [-0.2, -0.15) is 0 Å². The topological polar surface area (TPSA) is 35.2 Å². The number of nitrogen functional groups attached to an aromatic ring is 1. The van der Waals surface area contributed by atoms with Gasteiger partial charge in [0.15, 0.2) is 0 Å². The summed E-state index contributed by atoms with van der Waals surface area (Å²) in [6, 6.07) is 9.35. The number of benzene rings is 2. The van der Waals surface area contributed by atoms with Gasteiger partial charge >= 0.3 is 0 Å². The predicted molar refractivity (Wildman–Crippen MR) is 71.6 cm³/mol. The fourth-order valence-corrected chi connectivity index (χ4v) is 1.82. The van der Waals surface area contributed by atoms with Gasteiger partial charge in [0.05, 0.1) is 5.02 Å². The molecule has 2 aromatic carbocycles. The van der Waals surface area contributed by atoms with Crippen molar-refractivity contribution in [2.45, 2.75) is 6.61 Å². The standard InChI is InChI=1S/C13H10Cl2FNO/c14-11-5-9(17)2-1-8(11)7-18-10-3-4-13(16)12(15)6-10/h1-6H,7,17H2. The molecule has 5 heteroatoms. The fourth-order valence-electron chi connectivity index (χ4n) is 1.41. The molecule has 0 amide bonds. The molecule has 18 heavy (non-hydrogen) atoms. The Morgan fingerprint density at radius 1 is 1.06 bits per heavy atom. The lowest BCUT2D eigenvalue weighted by Crippen LogP contribution is -1.97. The number of rotatable bonds is 3. The van der Waals surface area contributed by atoms with Crippen LogP contribution in [0, 0.1) is 5.82 Å². The summed E-state index contributed by atoms with van der Waals surface area (Å²) >= 11 is 11.7. The smallest absolute Gasteiger partial charge is 0.142 e. The van der Waals surface area contributed by atoms with Gasteiger partial charge in [0.1, 0.15) is 18.2 Å². The number of hydrogen-bond donors (Lipinski definition) is 1. The first-order valence-corrected chi connectivity index (χ1v) is 5.93. The van der Waals surface area contributed by atoms with Gasteiger partial charge < -0.3 is 10.5 Å². The van der Waals surface area contributed by atoms with Gasteiger partial charge in [-0.25, -0.2) is 4.39 Å². The third-order valence-electron chi connectivity index (χ3n) is 2.36. The van der Waals surface area contributed by atoms with Crippen molar-refractivity contribution in [1.29, 1.82) is 0 Å². The summed E-state index contributed by atoms with van der Waals surface area (Å²) < 4.78 is 18.4. The van der Waals surface area contributed by atoms with E-state index in [-0.39, 0.29) is 11.6 Å². The lowest BCUT2D eigenvalue weighted by atomic mass is 10.2. The summed E-state index contributed by atoms with van der Waals surface area (Å²) in [6.45, 7) is 0.265. The second-order valence-corrected chi connectivity index (χ2v) is 4.53. The van der Waals surface area contributed by atoms with E-state index < -0.39 is 5.82 Å². The van der Waals surface area contributed by atoms with Crippen LogP contribution in [-0.2, 0) is 6.61 Å². The monoisotopic (exact) mass is 285 g/mol. The Bertz CT molecular complexity index is 575. The summed E-state index contributed by atoms with van der Waals surface area (Å²) in [7, 11) is 0. The molecule has 0 heterocycles. The van der Waals surface area contributed by atoms with E-state index in [4.69, 9.17) is 33.7 Å². The molecule has 0 aliphatic rings. The zero-order chi connectivity index (χ0) is 13.1. The second-order valence-electron chi connectivity index (χ2n) is 3.72. The van der Waals surface area contributed by atoms with Gasteiger partial charge in [-0.05, 0) is 24.3 Å². The average Bonchev–Trinajstić information content (AvgIpc) is 2.32. The molecule has 0 aliphatic carbocycles. The van der Waals surface area contributed by atoms with E-state index in [1.807, 2.05) is 0 Å². The lowest BCUT2D eigenvalue weighted by molar-refractivity contribution is 0.306. The number of hydrogen-bond acceptors (Lipinski definition) is 2. The van der Waals surface area contributed by atoms with Gasteiger partial charge in [0, 0.05) is 22.3 Å². The summed E-state index contributed by atoms with van der Waals surface area (Å²) in [5, 5.41) is 0.555. The normalized spacial score (nSPS) is 10.4. The lowest BCUT2D eigenvalue weighted by Gasteiger charge is -2.08. The van der Waals surface area contributed by atoms with Gasteiger partial charge in [-0.3, -0.25) is 0 Å². The SMILES string of the molecule is Nc1ccc(COc2ccc(F)c(Cl)c2)c(Cl)c1. The van der Waals surface area contributed by atoms with Crippen LogP contribution in [0.1, 0.15) is 5.56 Å². The number of ether oxygens (including phenoxy) is 1. The van der Waals surface area contributed by atoms with Crippen molar-refractivity contribution in [3.8, 4) is 5.75 Å². The maximum atomic E-state index is 12.9. The number of halogens is 3. The van der Waals surface area contributed by atoms with Gasteiger partial charge in [-0.15, -0.1) is 0 Å². The number of nitrogens with two attached hydrogens (primary N) is 1. The van der Waals surface area contributed by atoms with Crippen LogP contribution < -0.4 is 10.5 Å². The Morgan fingerprint density at radius 2 is 1.83 bits per heavy atom. The number of anilines is 1. The molecule has 2 rings (SSSR count). The molecular formula is C13H10Cl2FNO. The molecule has 0 spiro atoms. The first kappa shape index (κ1) is 13.0. The maximum Gasteiger partial charge on any atom is 0.142 e.